The van der Waals surface area contributed by atoms with Crippen LogP contribution in [0.15, 0.2) is 22.0 Å². The standard InChI is InChI=1S/C10H11F3NO7S3/c11-22(15,16)7-5-8(23(12,17)18)10(9(6-7)24(13,19)20)14-1-3-21-4-2-14/h5-6,8H,1-4H2/q-1. The average molecular weight is 410 g/mol. The van der Waals surface area contributed by atoms with Crippen molar-refractivity contribution in [3.63, 3.8) is 0 Å². The van der Waals surface area contributed by atoms with Crippen LogP contribution in [0.2, 0.25) is 0 Å². The van der Waals surface area contributed by atoms with Gasteiger partial charge in [0.2, 0.25) is 0 Å². The van der Waals surface area contributed by atoms with E-state index >= 15 is 0 Å². The number of hydrogen-bond acceptors (Lipinski definition) is 8. The molecule has 0 saturated carbocycles. The van der Waals surface area contributed by atoms with Crippen molar-refractivity contribution in [1.82, 2.24) is 4.90 Å². The lowest BCUT2D eigenvalue weighted by Crippen LogP contribution is -2.47. The predicted octanol–water partition coefficient (Wildman–Crippen LogP) is -0.102. The molecule has 0 N–H and O–H groups in total. The summed E-state index contributed by atoms with van der Waals surface area (Å²) >= 11 is 0. The third-order valence-corrected chi connectivity index (χ3v) is 5.95. The van der Waals surface area contributed by atoms with E-state index in [0.29, 0.717) is 0 Å². The van der Waals surface area contributed by atoms with Crippen LogP contribution in [0.25, 0.3) is 0 Å². The molecule has 24 heavy (non-hydrogen) atoms. The first kappa shape index (κ1) is 19.2. The molecule has 1 heterocycles. The lowest BCUT2D eigenvalue weighted by Gasteiger charge is -2.45. The molecule has 0 radical (unpaired) electrons. The molecule has 1 aliphatic carbocycles. The highest BCUT2D eigenvalue weighted by Gasteiger charge is 2.39. The summed E-state index contributed by atoms with van der Waals surface area (Å²) in [5, 5.41) is -2.48. The molecule has 0 amide bonds. The zero-order valence-electron chi connectivity index (χ0n) is 11.7. The normalized spacial score (nSPS) is 24.5. The van der Waals surface area contributed by atoms with Gasteiger partial charge in [0.05, 0.1) is 18.5 Å². The molecule has 8 nitrogen and oxygen atoms in total. The van der Waals surface area contributed by atoms with E-state index in [1.807, 2.05) is 0 Å². The Morgan fingerprint density at radius 3 is 1.96 bits per heavy atom. The van der Waals surface area contributed by atoms with E-state index in [0.717, 1.165) is 4.90 Å². The van der Waals surface area contributed by atoms with Gasteiger partial charge in [0, 0.05) is 18.0 Å². The first-order valence-electron chi connectivity index (χ1n) is 6.28. The molecule has 0 aromatic rings. The SMILES string of the molecule is O=S(=O)(F)C1=CC(S(=O)(=O)F)[C-](N2CCOCC2)C(S(=O)(=O)F)=C1. The molecule has 0 aromatic heterocycles. The third kappa shape index (κ3) is 4.11. The molecule has 1 fully saturated rings. The number of nitrogens with zero attached hydrogens (tertiary/aromatic N) is 1. The Balaban J connectivity index is 2.68. The van der Waals surface area contributed by atoms with Gasteiger partial charge in [-0.25, -0.2) is 0 Å². The smallest absolute Gasteiger partial charge is 0.314 e. The second kappa shape index (κ2) is 6.33. The maximum Gasteiger partial charge on any atom is 0.314 e. The summed E-state index contributed by atoms with van der Waals surface area (Å²) < 4.78 is 112. The van der Waals surface area contributed by atoms with Gasteiger partial charge in [-0.05, 0) is 4.91 Å². The molecular weight excluding hydrogens is 399 g/mol. The Hall–Kier alpha value is -1.09. The van der Waals surface area contributed by atoms with Crippen LogP contribution in [0.3, 0.4) is 0 Å². The minimum absolute atomic E-state index is 0.0140. The van der Waals surface area contributed by atoms with Gasteiger partial charge in [-0.1, -0.05) is 6.08 Å². The quantitative estimate of drug-likeness (QED) is 0.466. The zero-order valence-corrected chi connectivity index (χ0v) is 14.2. The summed E-state index contributed by atoms with van der Waals surface area (Å²) in [5.74, 6) is 0. The second-order valence-corrected chi connectivity index (χ2v) is 8.96. The minimum atomic E-state index is -5.67. The van der Waals surface area contributed by atoms with Crippen molar-refractivity contribution >= 4 is 30.7 Å². The van der Waals surface area contributed by atoms with Gasteiger partial charge >= 0.3 is 10.2 Å². The summed E-state index contributed by atoms with van der Waals surface area (Å²) in [6.45, 7) is -0.167. The topological polar surface area (TPSA) is 115 Å². The molecule has 2 aliphatic rings. The number of morpholine rings is 1. The van der Waals surface area contributed by atoms with E-state index in [2.05, 4.69) is 0 Å². The zero-order chi connectivity index (χ0) is 18.3. The molecule has 1 atom stereocenters. The predicted molar refractivity (Wildman–Crippen MR) is 75.7 cm³/mol. The number of ether oxygens (including phenoxy) is 1. The van der Waals surface area contributed by atoms with Crippen LogP contribution in [-0.4, -0.2) is 61.7 Å². The van der Waals surface area contributed by atoms with E-state index in [9.17, 15) is 36.9 Å². The number of hydrogen-bond donors (Lipinski definition) is 0. The largest absolute Gasteiger partial charge is 0.379 e. The van der Waals surface area contributed by atoms with Crippen LogP contribution >= 0.6 is 0 Å². The van der Waals surface area contributed by atoms with Crippen molar-refractivity contribution in [3.05, 3.63) is 28.0 Å². The summed E-state index contributed by atoms with van der Waals surface area (Å²) in [6.07, 6.45) is 0.307. The van der Waals surface area contributed by atoms with Gasteiger partial charge in [0.1, 0.15) is 0 Å². The minimum Gasteiger partial charge on any atom is -0.379 e. The molecule has 1 unspecified atom stereocenters. The molecular formula is C10H11F3NO7S3-. The van der Waals surface area contributed by atoms with Crippen LogP contribution in [0, 0.1) is 6.04 Å². The molecule has 1 saturated heterocycles. The van der Waals surface area contributed by atoms with Crippen molar-refractivity contribution in [2.45, 2.75) is 5.25 Å². The summed E-state index contributed by atoms with van der Waals surface area (Å²) in [4.78, 5) is -1.84. The van der Waals surface area contributed by atoms with E-state index in [1.54, 1.807) is 0 Å². The molecule has 2 rings (SSSR count). The highest BCUT2D eigenvalue weighted by Crippen LogP contribution is 2.39. The fraction of sp³-hybridized carbons (Fsp3) is 0.500. The average Bonchev–Trinajstić information content (AvgIpc) is 2.44. The van der Waals surface area contributed by atoms with Crippen molar-refractivity contribution in [2.75, 3.05) is 26.3 Å². The van der Waals surface area contributed by atoms with Gasteiger partial charge in [0.25, 0.3) is 20.4 Å². The molecule has 1 aliphatic heterocycles. The molecule has 138 valence electrons. The number of halogens is 3. The van der Waals surface area contributed by atoms with Crippen LogP contribution in [0.5, 0.6) is 0 Å². The Kier molecular flexibility index (Phi) is 5.07. The first-order chi connectivity index (χ1) is 10.8. The highest BCUT2D eigenvalue weighted by molar-refractivity contribution is 7.92. The highest BCUT2D eigenvalue weighted by atomic mass is 32.3. The molecule has 0 spiro atoms. The lowest BCUT2D eigenvalue weighted by molar-refractivity contribution is 0.0436. The van der Waals surface area contributed by atoms with Crippen LogP contribution in [0.1, 0.15) is 0 Å². The first-order valence-corrected chi connectivity index (χ1v) is 10.5. The molecule has 14 heteroatoms. The second-order valence-electron chi connectivity index (χ2n) is 4.83. The van der Waals surface area contributed by atoms with E-state index in [4.69, 9.17) is 4.74 Å². The fourth-order valence-corrected chi connectivity index (χ4v) is 4.74. The monoisotopic (exact) mass is 410 g/mol. The molecule has 0 bridgehead atoms. The van der Waals surface area contributed by atoms with Gasteiger partial charge in [0.15, 0.2) is 0 Å². The Labute approximate surface area is 137 Å². The van der Waals surface area contributed by atoms with Crippen LogP contribution in [0.4, 0.5) is 11.7 Å². The number of allylic oxidation sites excluding steroid dienone is 1. The van der Waals surface area contributed by atoms with Crippen molar-refractivity contribution < 1.29 is 41.6 Å². The maximum atomic E-state index is 13.6. The Morgan fingerprint density at radius 2 is 1.54 bits per heavy atom. The van der Waals surface area contributed by atoms with Crippen molar-refractivity contribution in [2.24, 2.45) is 0 Å². The van der Waals surface area contributed by atoms with E-state index in [1.165, 1.54) is 0 Å². The maximum absolute atomic E-state index is 13.6. The van der Waals surface area contributed by atoms with Gasteiger partial charge in [-0.2, -0.15) is 31.3 Å². The lowest BCUT2D eigenvalue weighted by atomic mass is 10.1. The van der Waals surface area contributed by atoms with E-state index < -0.39 is 51.8 Å². The van der Waals surface area contributed by atoms with Crippen molar-refractivity contribution in [1.29, 1.82) is 0 Å². The summed E-state index contributed by atoms with van der Waals surface area (Å²) in [7, 11) is -16.9. The Bertz CT molecular complexity index is 886. The molecule has 0 aromatic carbocycles. The third-order valence-electron chi connectivity index (χ3n) is 3.31. The summed E-state index contributed by atoms with van der Waals surface area (Å²) in [6, 6.07) is -0.823. The van der Waals surface area contributed by atoms with Gasteiger partial charge in [-0.15, -0.1) is 17.7 Å². The summed E-state index contributed by atoms with van der Waals surface area (Å²) in [5.41, 5.74) is 0. The van der Waals surface area contributed by atoms with Crippen LogP contribution in [-0.2, 0) is 35.4 Å². The Morgan fingerprint density at radius 1 is 1.00 bits per heavy atom. The van der Waals surface area contributed by atoms with E-state index in [-0.39, 0.29) is 38.5 Å². The van der Waals surface area contributed by atoms with Gasteiger partial charge in [-0.3, -0.25) is 0 Å². The van der Waals surface area contributed by atoms with Crippen LogP contribution < -0.4 is 0 Å². The van der Waals surface area contributed by atoms with Crippen molar-refractivity contribution in [3.8, 4) is 0 Å². The number of rotatable bonds is 4. The van der Waals surface area contributed by atoms with Gasteiger partial charge < -0.3 is 9.64 Å². The fourth-order valence-electron chi connectivity index (χ4n) is 2.32.